The van der Waals surface area contributed by atoms with Crippen LogP contribution in [0.3, 0.4) is 0 Å². The number of hydrazone groups is 1. The molecule has 76 valence electrons. The Morgan fingerprint density at radius 3 is 2.86 bits per heavy atom. The van der Waals surface area contributed by atoms with Gasteiger partial charge < -0.3 is 0 Å². The summed E-state index contributed by atoms with van der Waals surface area (Å²) in [4.78, 5) is 11.2. The molecule has 14 heavy (non-hydrogen) atoms. The summed E-state index contributed by atoms with van der Waals surface area (Å²) in [6, 6.07) is 0. The molecule has 0 radical (unpaired) electrons. The molecule has 0 spiro atoms. The lowest BCUT2D eigenvalue weighted by Gasteiger charge is -1.96. The molecule has 3 heteroatoms. The van der Waals surface area contributed by atoms with Crippen LogP contribution in [0.5, 0.6) is 0 Å². The molecule has 3 nitrogen and oxygen atoms in total. The van der Waals surface area contributed by atoms with Gasteiger partial charge in [0.15, 0.2) is 0 Å². The first kappa shape index (κ1) is 12.4. The van der Waals surface area contributed by atoms with Crippen molar-refractivity contribution in [3.63, 3.8) is 0 Å². The van der Waals surface area contributed by atoms with E-state index in [1.165, 1.54) is 0 Å². The summed E-state index contributed by atoms with van der Waals surface area (Å²) in [5.74, 6) is -0.217. The van der Waals surface area contributed by atoms with Gasteiger partial charge in [0.25, 0.3) is 5.91 Å². The lowest BCUT2D eigenvalue weighted by molar-refractivity contribution is -0.117. The summed E-state index contributed by atoms with van der Waals surface area (Å²) in [5, 5.41) is 3.73. The van der Waals surface area contributed by atoms with E-state index in [-0.39, 0.29) is 5.91 Å². The maximum Gasteiger partial charge on any atom is 0.267 e. The van der Waals surface area contributed by atoms with Crippen LogP contribution in [0.15, 0.2) is 41.6 Å². The third kappa shape index (κ3) is 5.94. The highest BCUT2D eigenvalue weighted by Gasteiger charge is 1.98. The smallest absolute Gasteiger partial charge is 0.267 e. The van der Waals surface area contributed by atoms with Gasteiger partial charge in [0.1, 0.15) is 0 Å². The first-order valence-corrected chi connectivity index (χ1v) is 4.50. The Bertz CT molecular complexity index is 275. The fourth-order valence-electron chi connectivity index (χ4n) is 0.677. The maximum atomic E-state index is 11.2. The lowest BCUT2D eigenvalue weighted by Crippen LogP contribution is -2.17. The molecule has 0 rings (SSSR count). The predicted octanol–water partition coefficient (Wildman–Crippen LogP) is 2.19. The molecule has 0 atom stereocenters. The minimum atomic E-state index is -0.217. The van der Waals surface area contributed by atoms with Gasteiger partial charge in [-0.2, -0.15) is 5.10 Å². The van der Waals surface area contributed by atoms with Gasteiger partial charge in [-0.3, -0.25) is 4.79 Å². The van der Waals surface area contributed by atoms with E-state index >= 15 is 0 Å². The quantitative estimate of drug-likeness (QED) is 0.308. The molecule has 1 amide bonds. The van der Waals surface area contributed by atoms with Gasteiger partial charge in [-0.15, -0.1) is 0 Å². The Balaban J connectivity index is 3.96. The van der Waals surface area contributed by atoms with Gasteiger partial charge in [0.05, 0.1) is 0 Å². The van der Waals surface area contributed by atoms with Gasteiger partial charge >= 0.3 is 0 Å². The van der Waals surface area contributed by atoms with Crippen molar-refractivity contribution < 1.29 is 4.79 Å². The van der Waals surface area contributed by atoms with Crippen molar-refractivity contribution in [1.29, 1.82) is 0 Å². The molecule has 0 aromatic heterocycles. The van der Waals surface area contributed by atoms with Crippen molar-refractivity contribution in [3.8, 4) is 0 Å². The molecular formula is C11H16N2O. The summed E-state index contributed by atoms with van der Waals surface area (Å²) < 4.78 is 0. The SMILES string of the molecule is C=C/C=C(\C)C(=O)N/N=C\C=C\CC. The van der Waals surface area contributed by atoms with E-state index in [0.717, 1.165) is 6.42 Å². The van der Waals surface area contributed by atoms with Gasteiger partial charge in [0, 0.05) is 11.8 Å². The van der Waals surface area contributed by atoms with E-state index in [0.29, 0.717) is 5.57 Å². The molecule has 0 aliphatic carbocycles. The molecule has 0 fully saturated rings. The van der Waals surface area contributed by atoms with E-state index in [4.69, 9.17) is 0 Å². The van der Waals surface area contributed by atoms with Crippen LogP contribution in [0, 0.1) is 0 Å². The molecular weight excluding hydrogens is 176 g/mol. The number of carbonyl (C=O) groups is 1. The van der Waals surface area contributed by atoms with Gasteiger partial charge in [-0.25, -0.2) is 5.43 Å². The Morgan fingerprint density at radius 1 is 1.57 bits per heavy atom. The fraction of sp³-hybridized carbons (Fsp3) is 0.273. The van der Waals surface area contributed by atoms with Crippen LogP contribution < -0.4 is 5.43 Å². The molecule has 1 N–H and O–H groups in total. The van der Waals surface area contributed by atoms with Gasteiger partial charge in [-0.05, 0) is 19.4 Å². The minimum Gasteiger partial charge on any atom is -0.268 e. The molecule has 0 aromatic carbocycles. The number of carbonyl (C=O) groups excluding carboxylic acids is 1. The molecule has 0 aliphatic rings. The Kier molecular flexibility index (Phi) is 7.05. The van der Waals surface area contributed by atoms with Crippen LogP contribution in [0.25, 0.3) is 0 Å². The van der Waals surface area contributed by atoms with E-state index < -0.39 is 0 Å². The molecule has 0 bridgehead atoms. The topological polar surface area (TPSA) is 41.5 Å². The van der Waals surface area contributed by atoms with Gasteiger partial charge in [0.2, 0.25) is 0 Å². The number of nitrogens with one attached hydrogen (secondary N) is 1. The molecule has 0 unspecified atom stereocenters. The first-order valence-electron chi connectivity index (χ1n) is 4.50. The van der Waals surface area contributed by atoms with Crippen LogP contribution in [-0.2, 0) is 4.79 Å². The van der Waals surface area contributed by atoms with Crippen LogP contribution in [-0.4, -0.2) is 12.1 Å². The number of allylic oxidation sites excluding steroid dienone is 4. The Morgan fingerprint density at radius 2 is 2.29 bits per heavy atom. The third-order valence-electron chi connectivity index (χ3n) is 1.42. The number of nitrogens with zero attached hydrogens (tertiary/aromatic N) is 1. The van der Waals surface area contributed by atoms with E-state index in [2.05, 4.69) is 17.1 Å². The van der Waals surface area contributed by atoms with Crippen LogP contribution >= 0.6 is 0 Å². The lowest BCUT2D eigenvalue weighted by atomic mass is 10.3. The zero-order valence-corrected chi connectivity index (χ0v) is 8.66. The zero-order valence-electron chi connectivity index (χ0n) is 8.66. The number of hydrogen-bond donors (Lipinski definition) is 1. The number of rotatable bonds is 5. The van der Waals surface area contributed by atoms with Crippen molar-refractivity contribution in [1.82, 2.24) is 5.43 Å². The maximum absolute atomic E-state index is 11.2. The van der Waals surface area contributed by atoms with Crippen molar-refractivity contribution in [2.75, 3.05) is 0 Å². The second kappa shape index (κ2) is 7.98. The highest BCUT2D eigenvalue weighted by Crippen LogP contribution is 1.91. The van der Waals surface area contributed by atoms with E-state index in [9.17, 15) is 4.79 Å². The van der Waals surface area contributed by atoms with E-state index in [1.807, 2.05) is 13.0 Å². The summed E-state index contributed by atoms with van der Waals surface area (Å²) in [6.07, 6.45) is 9.43. The largest absolute Gasteiger partial charge is 0.268 e. The molecule has 0 aliphatic heterocycles. The van der Waals surface area contributed by atoms with E-state index in [1.54, 1.807) is 31.4 Å². The molecule has 0 aromatic rings. The van der Waals surface area contributed by atoms with Crippen LogP contribution in [0.2, 0.25) is 0 Å². The highest BCUT2D eigenvalue weighted by atomic mass is 16.2. The third-order valence-corrected chi connectivity index (χ3v) is 1.42. The minimum absolute atomic E-state index is 0.217. The number of hydrogen-bond acceptors (Lipinski definition) is 2. The second-order valence-electron chi connectivity index (χ2n) is 2.64. The summed E-state index contributed by atoms with van der Waals surface area (Å²) in [5.41, 5.74) is 2.97. The monoisotopic (exact) mass is 192 g/mol. The van der Waals surface area contributed by atoms with Gasteiger partial charge in [-0.1, -0.05) is 31.7 Å². The van der Waals surface area contributed by atoms with Crippen molar-refractivity contribution in [2.45, 2.75) is 20.3 Å². The zero-order chi connectivity index (χ0) is 10.8. The molecule has 0 saturated carbocycles. The predicted molar refractivity (Wildman–Crippen MR) is 60.0 cm³/mol. The summed E-state index contributed by atoms with van der Waals surface area (Å²) in [7, 11) is 0. The van der Waals surface area contributed by atoms with Crippen molar-refractivity contribution in [3.05, 3.63) is 36.5 Å². The first-order chi connectivity index (χ1) is 6.72. The highest BCUT2D eigenvalue weighted by molar-refractivity contribution is 5.93. The average molecular weight is 192 g/mol. The standard InChI is InChI=1S/C11H16N2O/c1-4-6-7-9-12-13-11(14)10(3)8-5-2/h5-9H,2,4H2,1,3H3,(H,13,14)/b7-6+,10-8+,12-9-. The summed E-state index contributed by atoms with van der Waals surface area (Å²) in [6.45, 7) is 7.23. The average Bonchev–Trinajstić information content (AvgIpc) is 2.17. The van der Waals surface area contributed by atoms with Crippen molar-refractivity contribution in [2.24, 2.45) is 5.10 Å². The number of amides is 1. The fourth-order valence-corrected chi connectivity index (χ4v) is 0.677. The van der Waals surface area contributed by atoms with Crippen LogP contribution in [0.4, 0.5) is 0 Å². The Hall–Kier alpha value is -1.64. The normalized spacial score (nSPS) is 12.3. The molecule has 0 saturated heterocycles. The van der Waals surface area contributed by atoms with Crippen molar-refractivity contribution >= 4 is 12.1 Å². The molecule has 0 heterocycles. The summed E-state index contributed by atoms with van der Waals surface area (Å²) >= 11 is 0. The Labute approximate surface area is 84.9 Å². The second-order valence-corrected chi connectivity index (χ2v) is 2.64. The van der Waals surface area contributed by atoms with Crippen LogP contribution in [0.1, 0.15) is 20.3 Å².